The van der Waals surface area contributed by atoms with Gasteiger partial charge in [-0.15, -0.1) is 5.10 Å². The van der Waals surface area contributed by atoms with Crippen LogP contribution in [0.2, 0.25) is 0 Å². The quantitative estimate of drug-likeness (QED) is 0.300. The molecular formula is C25H32N4O8S2. The van der Waals surface area contributed by atoms with Crippen LogP contribution in [0.25, 0.3) is 0 Å². The Morgan fingerprint density at radius 2 is 1.46 bits per heavy atom. The van der Waals surface area contributed by atoms with E-state index in [0.29, 0.717) is 0 Å². The minimum atomic E-state index is -3.82. The van der Waals surface area contributed by atoms with Gasteiger partial charge in [-0.25, -0.2) is 16.8 Å². The molecule has 1 aromatic heterocycles. The number of aromatic nitrogens is 2. The fourth-order valence-electron chi connectivity index (χ4n) is 3.45. The highest BCUT2D eigenvalue weighted by atomic mass is 32.2. The van der Waals surface area contributed by atoms with Crippen molar-refractivity contribution in [3.05, 3.63) is 65.5 Å². The first-order valence-corrected chi connectivity index (χ1v) is 15.0. The Kier molecular flexibility index (Phi) is 10.3. The third kappa shape index (κ3) is 7.70. The van der Waals surface area contributed by atoms with E-state index in [1.807, 2.05) is 0 Å². The lowest BCUT2D eigenvalue weighted by Crippen LogP contribution is -2.36. The van der Waals surface area contributed by atoms with E-state index in [4.69, 9.17) is 13.9 Å². The number of hydrogen-bond acceptors (Lipinski definition) is 10. The predicted molar refractivity (Wildman–Crippen MR) is 143 cm³/mol. The molecule has 0 aliphatic heterocycles. The number of nitrogens with zero attached hydrogens (tertiary/aromatic N) is 3. The van der Waals surface area contributed by atoms with Crippen molar-refractivity contribution in [1.29, 1.82) is 0 Å². The fourth-order valence-corrected chi connectivity index (χ4v) is 5.92. The average molecular weight is 581 g/mol. The van der Waals surface area contributed by atoms with Crippen molar-refractivity contribution in [1.82, 2.24) is 14.5 Å². The Labute approximate surface area is 228 Å². The zero-order valence-corrected chi connectivity index (χ0v) is 23.8. The third-order valence-electron chi connectivity index (χ3n) is 5.76. The summed E-state index contributed by atoms with van der Waals surface area (Å²) in [5.74, 6) is -0.341. The van der Waals surface area contributed by atoms with Crippen molar-refractivity contribution >= 4 is 31.8 Å². The molecule has 12 nitrogen and oxygen atoms in total. The molecule has 0 radical (unpaired) electrons. The van der Waals surface area contributed by atoms with E-state index in [2.05, 4.69) is 15.5 Å². The summed E-state index contributed by atoms with van der Waals surface area (Å²) in [6.45, 7) is 4.00. The molecule has 2 aromatic carbocycles. The van der Waals surface area contributed by atoms with Gasteiger partial charge in [-0.05, 0) is 55.8 Å². The van der Waals surface area contributed by atoms with E-state index in [-0.39, 0.29) is 60.0 Å². The van der Waals surface area contributed by atoms with Crippen LogP contribution in [0.1, 0.15) is 35.7 Å². The number of carbonyl (C=O) groups is 1. The molecular weight excluding hydrogens is 548 g/mol. The highest BCUT2D eigenvalue weighted by molar-refractivity contribution is 7.92. The van der Waals surface area contributed by atoms with Gasteiger partial charge in [-0.2, -0.15) is 4.31 Å². The molecule has 0 aliphatic carbocycles. The van der Waals surface area contributed by atoms with Gasteiger partial charge in [-0.3, -0.25) is 10.1 Å². The van der Waals surface area contributed by atoms with Gasteiger partial charge in [0.15, 0.2) is 9.84 Å². The largest absolute Gasteiger partial charge is 0.407 e. The summed E-state index contributed by atoms with van der Waals surface area (Å²) >= 11 is 0. The van der Waals surface area contributed by atoms with Gasteiger partial charge in [-0.1, -0.05) is 17.2 Å². The van der Waals surface area contributed by atoms with Crippen LogP contribution in [-0.2, 0) is 35.8 Å². The number of sulfonamides is 1. The monoisotopic (exact) mass is 580 g/mol. The zero-order valence-electron chi connectivity index (χ0n) is 22.2. The average Bonchev–Trinajstić information content (AvgIpc) is 3.35. The second kappa shape index (κ2) is 13.3. The molecule has 212 valence electrons. The lowest BCUT2D eigenvalue weighted by molar-refractivity contribution is 0.102. The van der Waals surface area contributed by atoms with Crippen LogP contribution >= 0.6 is 0 Å². The summed E-state index contributed by atoms with van der Waals surface area (Å²) in [7, 11) is -4.22. The predicted octanol–water partition coefficient (Wildman–Crippen LogP) is 2.38. The first-order chi connectivity index (χ1) is 18.5. The lowest BCUT2D eigenvalue weighted by Gasteiger charge is -2.21. The molecule has 0 saturated heterocycles. The Morgan fingerprint density at radius 3 is 2.00 bits per heavy atom. The van der Waals surface area contributed by atoms with E-state index in [1.165, 1.54) is 54.9 Å². The molecule has 0 spiro atoms. The van der Waals surface area contributed by atoms with Crippen LogP contribution in [0, 0.1) is 0 Å². The Hall–Kier alpha value is -3.17. The maximum Gasteiger partial charge on any atom is 0.322 e. The molecule has 0 bridgehead atoms. The summed E-state index contributed by atoms with van der Waals surface area (Å²) in [4.78, 5) is 12.9. The molecule has 0 unspecified atom stereocenters. The van der Waals surface area contributed by atoms with Gasteiger partial charge in [0.2, 0.25) is 15.9 Å². The van der Waals surface area contributed by atoms with Crippen LogP contribution < -0.4 is 5.32 Å². The van der Waals surface area contributed by atoms with Crippen LogP contribution in [0.4, 0.5) is 6.01 Å². The minimum absolute atomic E-state index is 0.0264. The van der Waals surface area contributed by atoms with Crippen LogP contribution in [0.3, 0.4) is 0 Å². The molecule has 0 saturated carbocycles. The SMILES string of the molecule is COCCN(CCOC)S(=O)(=O)c1ccc(C(=O)Nc2nnc(Cc3ccc(S(=O)(=O)C(C)C)cc3)o2)cc1. The van der Waals surface area contributed by atoms with Crippen LogP contribution in [0.15, 0.2) is 62.7 Å². The molecule has 0 fully saturated rings. The number of nitrogens with one attached hydrogen (secondary N) is 1. The maximum absolute atomic E-state index is 13.0. The summed E-state index contributed by atoms with van der Waals surface area (Å²) in [6.07, 6.45) is 0.236. The Balaban J connectivity index is 1.64. The van der Waals surface area contributed by atoms with Crippen molar-refractivity contribution in [3.63, 3.8) is 0 Å². The van der Waals surface area contributed by atoms with Gasteiger partial charge in [0.05, 0.1) is 34.7 Å². The standard InChI is InChI=1S/C25H32N4O8S2/c1-18(2)38(31,32)21-9-5-19(6-10-21)17-23-27-28-25(37-23)26-24(30)20-7-11-22(12-8-20)39(33,34)29(13-15-35-3)14-16-36-4/h5-12,18H,13-17H2,1-4H3,(H,26,28,30). The highest BCUT2D eigenvalue weighted by Gasteiger charge is 2.24. The topological polar surface area (TPSA) is 158 Å². The second-order valence-electron chi connectivity index (χ2n) is 8.78. The van der Waals surface area contributed by atoms with E-state index >= 15 is 0 Å². The molecule has 1 N–H and O–H groups in total. The number of anilines is 1. The molecule has 3 rings (SSSR count). The van der Waals surface area contributed by atoms with Gasteiger partial charge in [0, 0.05) is 32.9 Å². The van der Waals surface area contributed by atoms with E-state index in [9.17, 15) is 21.6 Å². The summed E-state index contributed by atoms with van der Waals surface area (Å²) in [5.41, 5.74) is 0.942. The second-order valence-corrected chi connectivity index (χ2v) is 13.2. The lowest BCUT2D eigenvalue weighted by atomic mass is 10.1. The Morgan fingerprint density at radius 1 is 0.897 bits per heavy atom. The molecule has 39 heavy (non-hydrogen) atoms. The zero-order chi connectivity index (χ0) is 28.6. The van der Waals surface area contributed by atoms with Crippen molar-refractivity contribution in [2.45, 2.75) is 35.3 Å². The molecule has 1 amide bonds. The molecule has 14 heteroatoms. The normalized spacial score (nSPS) is 12.3. The van der Waals surface area contributed by atoms with Gasteiger partial charge in [0.25, 0.3) is 5.91 Å². The number of ether oxygens (including phenoxy) is 2. The summed E-state index contributed by atoms with van der Waals surface area (Å²) < 4.78 is 67.4. The number of amides is 1. The number of rotatable bonds is 14. The van der Waals surface area contributed by atoms with Crippen molar-refractivity contribution < 1.29 is 35.5 Å². The minimum Gasteiger partial charge on any atom is -0.407 e. The summed E-state index contributed by atoms with van der Waals surface area (Å²) in [6, 6.07) is 11.7. The first-order valence-electron chi connectivity index (χ1n) is 12.0. The van der Waals surface area contributed by atoms with Gasteiger partial charge >= 0.3 is 6.01 Å². The number of methoxy groups -OCH3 is 2. The Bertz CT molecular complexity index is 1440. The number of hydrogen-bond donors (Lipinski definition) is 1. The maximum atomic E-state index is 13.0. The van der Waals surface area contributed by atoms with Crippen molar-refractivity contribution in [3.8, 4) is 0 Å². The third-order valence-corrected chi connectivity index (χ3v) is 9.84. The number of benzene rings is 2. The number of sulfone groups is 1. The molecule has 1 heterocycles. The van der Waals surface area contributed by atoms with E-state index in [1.54, 1.807) is 26.0 Å². The molecule has 0 aliphatic rings. The van der Waals surface area contributed by atoms with Crippen molar-refractivity contribution in [2.75, 3.05) is 45.8 Å². The first kappa shape index (κ1) is 30.4. The fraction of sp³-hybridized carbons (Fsp3) is 0.400. The molecule has 0 atom stereocenters. The van der Waals surface area contributed by atoms with Crippen molar-refractivity contribution in [2.24, 2.45) is 0 Å². The highest BCUT2D eigenvalue weighted by Crippen LogP contribution is 2.20. The smallest absolute Gasteiger partial charge is 0.322 e. The van der Waals surface area contributed by atoms with Crippen LogP contribution in [-0.4, -0.2) is 83.0 Å². The van der Waals surface area contributed by atoms with E-state index in [0.717, 1.165) is 5.56 Å². The van der Waals surface area contributed by atoms with E-state index < -0.39 is 31.0 Å². The van der Waals surface area contributed by atoms with Gasteiger partial charge < -0.3 is 13.9 Å². The number of carbonyl (C=O) groups excluding carboxylic acids is 1. The molecule has 3 aromatic rings. The van der Waals surface area contributed by atoms with Crippen LogP contribution in [0.5, 0.6) is 0 Å². The van der Waals surface area contributed by atoms with Gasteiger partial charge in [0.1, 0.15) is 0 Å². The summed E-state index contributed by atoms with van der Waals surface area (Å²) in [5, 5.41) is 9.71.